The fourth-order valence-electron chi connectivity index (χ4n) is 4.10. The van der Waals surface area contributed by atoms with Crippen molar-refractivity contribution in [2.45, 2.75) is 64.3 Å². The van der Waals surface area contributed by atoms with Crippen LogP contribution in [0.4, 0.5) is 0 Å². The van der Waals surface area contributed by atoms with Crippen LogP contribution in [-0.2, 0) is 17.8 Å². The van der Waals surface area contributed by atoms with Gasteiger partial charge in [0.05, 0.1) is 0 Å². The van der Waals surface area contributed by atoms with Crippen LogP contribution in [0.3, 0.4) is 0 Å². The summed E-state index contributed by atoms with van der Waals surface area (Å²) in [6.07, 6.45) is 8.13. The zero-order chi connectivity index (χ0) is 15.1. The monoisotopic (exact) mass is 302 g/mol. The molecule has 0 unspecified atom stereocenters. The number of fused-ring (bicyclic) bond motifs is 1. The standard InChI is InChI=1S/C17H26N4O/c1-12-10-14(12)17(22)20-8-5-6-13(11-20)16-19-18-15-7-3-2-4-9-21(15)16/h12-14H,2-11H2,1H3/t12-,13+,14+/m1/s1. The fraction of sp³-hybridized carbons (Fsp3) is 0.824. The summed E-state index contributed by atoms with van der Waals surface area (Å²) in [5, 5.41) is 8.94. The van der Waals surface area contributed by atoms with Crippen LogP contribution >= 0.6 is 0 Å². The second-order valence-electron chi connectivity index (χ2n) is 7.38. The Morgan fingerprint density at radius 3 is 2.82 bits per heavy atom. The highest BCUT2D eigenvalue weighted by molar-refractivity contribution is 5.81. The van der Waals surface area contributed by atoms with Crippen LogP contribution in [0.5, 0.6) is 0 Å². The molecule has 1 aromatic rings. The van der Waals surface area contributed by atoms with Crippen molar-refractivity contribution in [2.24, 2.45) is 11.8 Å². The molecule has 0 bridgehead atoms. The molecule has 1 amide bonds. The van der Waals surface area contributed by atoms with E-state index in [0.717, 1.165) is 57.0 Å². The van der Waals surface area contributed by atoms with Gasteiger partial charge in [-0.15, -0.1) is 10.2 Å². The van der Waals surface area contributed by atoms with E-state index >= 15 is 0 Å². The van der Waals surface area contributed by atoms with E-state index in [0.29, 0.717) is 23.7 Å². The highest BCUT2D eigenvalue weighted by atomic mass is 16.2. The lowest BCUT2D eigenvalue weighted by Gasteiger charge is -2.32. The van der Waals surface area contributed by atoms with Crippen LogP contribution < -0.4 is 0 Å². The van der Waals surface area contributed by atoms with Crippen LogP contribution in [0.15, 0.2) is 0 Å². The second kappa shape index (κ2) is 5.67. The van der Waals surface area contributed by atoms with Crippen molar-refractivity contribution in [1.29, 1.82) is 0 Å². The van der Waals surface area contributed by atoms with Crippen molar-refractivity contribution in [3.05, 3.63) is 11.6 Å². The molecule has 1 aromatic heterocycles. The molecule has 5 heteroatoms. The summed E-state index contributed by atoms with van der Waals surface area (Å²) in [6, 6.07) is 0. The van der Waals surface area contributed by atoms with E-state index < -0.39 is 0 Å². The Kier molecular flexibility index (Phi) is 3.66. The molecule has 120 valence electrons. The second-order valence-corrected chi connectivity index (χ2v) is 7.38. The van der Waals surface area contributed by atoms with Crippen LogP contribution in [-0.4, -0.2) is 38.7 Å². The number of likely N-dealkylation sites (tertiary alicyclic amines) is 1. The van der Waals surface area contributed by atoms with Gasteiger partial charge in [0.25, 0.3) is 0 Å². The molecule has 0 aromatic carbocycles. The van der Waals surface area contributed by atoms with Gasteiger partial charge in [0.1, 0.15) is 11.6 Å². The number of piperidine rings is 1. The molecule has 3 aliphatic rings. The minimum Gasteiger partial charge on any atom is -0.342 e. The van der Waals surface area contributed by atoms with E-state index in [1.54, 1.807) is 0 Å². The predicted molar refractivity (Wildman–Crippen MR) is 83.4 cm³/mol. The van der Waals surface area contributed by atoms with Gasteiger partial charge in [0, 0.05) is 37.9 Å². The molecule has 2 fully saturated rings. The minimum atomic E-state index is 0.300. The third-order valence-corrected chi connectivity index (χ3v) is 5.66. The summed E-state index contributed by atoms with van der Waals surface area (Å²) in [5.74, 6) is 3.95. The summed E-state index contributed by atoms with van der Waals surface area (Å²) in [4.78, 5) is 14.6. The highest BCUT2D eigenvalue weighted by Gasteiger charge is 2.42. The van der Waals surface area contributed by atoms with Gasteiger partial charge in [-0.1, -0.05) is 13.3 Å². The minimum absolute atomic E-state index is 0.300. The van der Waals surface area contributed by atoms with E-state index in [4.69, 9.17) is 0 Å². The van der Waals surface area contributed by atoms with E-state index in [9.17, 15) is 4.79 Å². The Balaban J connectivity index is 1.50. The van der Waals surface area contributed by atoms with E-state index in [1.807, 2.05) is 0 Å². The molecule has 0 spiro atoms. The van der Waals surface area contributed by atoms with E-state index in [-0.39, 0.29) is 0 Å². The zero-order valence-electron chi connectivity index (χ0n) is 13.5. The van der Waals surface area contributed by atoms with Crippen molar-refractivity contribution in [2.75, 3.05) is 13.1 Å². The summed E-state index contributed by atoms with van der Waals surface area (Å²) >= 11 is 0. The number of aryl methyl sites for hydroxylation is 1. The summed E-state index contributed by atoms with van der Waals surface area (Å²) < 4.78 is 2.35. The number of amides is 1. The van der Waals surface area contributed by atoms with Crippen molar-refractivity contribution >= 4 is 5.91 Å². The Morgan fingerprint density at radius 1 is 1.14 bits per heavy atom. The van der Waals surface area contributed by atoms with Crippen LogP contribution in [0.1, 0.15) is 63.0 Å². The van der Waals surface area contributed by atoms with Gasteiger partial charge in [0.2, 0.25) is 5.91 Å². The number of carbonyl (C=O) groups is 1. The van der Waals surface area contributed by atoms with Crippen LogP contribution in [0.25, 0.3) is 0 Å². The van der Waals surface area contributed by atoms with Crippen molar-refractivity contribution in [1.82, 2.24) is 19.7 Å². The summed E-state index contributed by atoms with van der Waals surface area (Å²) in [6.45, 7) is 5.02. The maximum absolute atomic E-state index is 12.5. The smallest absolute Gasteiger partial charge is 0.225 e. The molecule has 5 nitrogen and oxygen atoms in total. The lowest BCUT2D eigenvalue weighted by Crippen LogP contribution is -2.40. The van der Waals surface area contributed by atoms with Crippen LogP contribution in [0, 0.1) is 11.8 Å². The number of hydrogen-bond donors (Lipinski definition) is 0. The lowest BCUT2D eigenvalue weighted by molar-refractivity contribution is -0.134. The van der Waals surface area contributed by atoms with Gasteiger partial charge < -0.3 is 9.47 Å². The molecule has 2 aliphatic heterocycles. The third kappa shape index (κ3) is 2.55. The largest absolute Gasteiger partial charge is 0.342 e. The topological polar surface area (TPSA) is 51.0 Å². The Bertz CT molecular complexity index is 567. The summed E-state index contributed by atoms with van der Waals surface area (Å²) in [5.41, 5.74) is 0. The number of carbonyl (C=O) groups excluding carboxylic acids is 1. The average molecular weight is 302 g/mol. The maximum Gasteiger partial charge on any atom is 0.225 e. The molecular formula is C17H26N4O. The van der Waals surface area contributed by atoms with Crippen molar-refractivity contribution in [3.8, 4) is 0 Å². The first-order valence-corrected chi connectivity index (χ1v) is 8.95. The number of rotatable bonds is 2. The number of nitrogens with zero attached hydrogens (tertiary/aromatic N) is 4. The molecule has 1 aliphatic carbocycles. The van der Waals surface area contributed by atoms with Crippen molar-refractivity contribution < 1.29 is 4.79 Å². The predicted octanol–water partition coefficient (Wildman–Crippen LogP) is 2.37. The van der Waals surface area contributed by atoms with Gasteiger partial charge in [0.15, 0.2) is 0 Å². The quantitative estimate of drug-likeness (QED) is 0.843. The molecule has 22 heavy (non-hydrogen) atoms. The molecular weight excluding hydrogens is 276 g/mol. The van der Waals surface area contributed by atoms with Gasteiger partial charge in [-0.05, 0) is 38.0 Å². The van der Waals surface area contributed by atoms with Gasteiger partial charge in [-0.25, -0.2) is 0 Å². The molecule has 3 heterocycles. The van der Waals surface area contributed by atoms with Crippen LogP contribution in [0.2, 0.25) is 0 Å². The van der Waals surface area contributed by atoms with E-state index in [2.05, 4.69) is 26.6 Å². The first-order valence-electron chi connectivity index (χ1n) is 8.95. The molecule has 4 rings (SSSR count). The number of hydrogen-bond acceptors (Lipinski definition) is 3. The Morgan fingerprint density at radius 2 is 2.00 bits per heavy atom. The SMILES string of the molecule is C[C@@H]1C[C@@H]1C(=O)N1CCC[C@H](c2nnc3n2CCCCC3)C1. The maximum atomic E-state index is 12.5. The first kappa shape index (κ1) is 14.2. The average Bonchev–Trinajstić information content (AvgIpc) is 3.21. The molecule has 1 saturated heterocycles. The van der Waals surface area contributed by atoms with Gasteiger partial charge >= 0.3 is 0 Å². The molecule has 1 saturated carbocycles. The van der Waals surface area contributed by atoms with E-state index in [1.165, 1.54) is 19.3 Å². The Hall–Kier alpha value is -1.39. The highest BCUT2D eigenvalue weighted by Crippen LogP contribution is 2.40. The first-order chi connectivity index (χ1) is 10.7. The van der Waals surface area contributed by atoms with Gasteiger partial charge in [-0.3, -0.25) is 4.79 Å². The molecule has 0 radical (unpaired) electrons. The molecule has 0 N–H and O–H groups in total. The Labute approximate surface area is 132 Å². The third-order valence-electron chi connectivity index (χ3n) is 5.66. The lowest BCUT2D eigenvalue weighted by atomic mass is 9.96. The molecule has 3 atom stereocenters. The summed E-state index contributed by atoms with van der Waals surface area (Å²) in [7, 11) is 0. The van der Waals surface area contributed by atoms with Gasteiger partial charge in [-0.2, -0.15) is 0 Å². The number of aromatic nitrogens is 3. The normalized spacial score (nSPS) is 31.5. The fourth-order valence-corrected chi connectivity index (χ4v) is 4.10. The zero-order valence-corrected chi connectivity index (χ0v) is 13.5. The van der Waals surface area contributed by atoms with Crippen molar-refractivity contribution in [3.63, 3.8) is 0 Å².